The fourth-order valence-corrected chi connectivity index (χ4v) is 5.17. The van der Waals surface area contributed by atoms with E-state index in [-0.39, 0.29) is 6.71 Å². The number of allylic oxidation sites excluding steroid dienone is 1. The van der Waals surface area contributed by atoms with Crippen molar-refractivity contribution in [3.05, 3.63) is 120 Å². The standard InChI is InChI=1S/C33H31BO2/c1-24-11-5-4-6-16-30(31(35-2)21-17-24)34(28-20-18-25-12-7-8-14-27(25)23-28)33-29-15-10-9-13-26(29)19-22-32(33)36-3/h4-6,8-11,13-23H,7,12H2,1-3H3. The summed E-state index contributed by atoms with van der Waals surface area (Å²) >= 11 is 0. The molecule has 0 N–H and O–H groups in total. The van der Waals surface area contributed by atoms with Crippen LogP contribution in [0.25, 0.3) is 16.8 Å². The molecule has 0 unspecified atom stereocenters. The minimum absolute atomic E-state index is 0.0976. The maximum absolute atomic E-state index is 6.04. The molecule has 178 valence electrons. The van der Waals surface area contributed by atoms with E-state index >= 15 is 0 Å². The lowest BCUT2D eigenvalue weighted by Crippen LogP contribution is -2.53. The molecule has 3 heteroatoms. The molecule has 0 spiro atoms. The van der Waals surface area contributed by atoms with Crippen LogP contribution in [0.2, 0.25) is 0 Å². The molecule has 0 bridgehead atoms. The van der Waals surface area contributed by atoms with Crippen LogP contribution in [0.1, 0.15) is 23.1 Å². The Hall–Kier alpha value is -3.98. The first-order valence-corrected chi connectivity index (χ1v) is 12.5. The molecule has 0 atom stereocenters. The average Bonchev–Trinajstić information content (AvgIpc) is 2.92. The molecule has 2 nitrogen and oxygen atoms in total. The van der Waals surface area contributed by atoms with Crippen molar-refractivity contribution in [1.29, 1.82) is 0 Å². The molecule has 0 saturated carbocycles. The molecule has 0 heterocycles. The van der Waals surface area contributed by atoms with Crippen molar-refractivity contribution in [2.24, 2.45) is 0 Å². The zero-order chi connectivity index (χ0) is 24.9. The minimum atomic E-state index is -0.0976. The van der Waals surface area contributed by atoms with Crippen LogP contribution in [-0.2, 0) is 6.42 Å². The van der Waals surface area contributed by atoms with Gasteiger partial charge in [0.25, 0.3) is 6.71 Å². The van der Waals surface area contributed by atoms with E-state index in [2.05, 4.69) is 116 Å². The third-order valence-electron chi connectivity index (χ3n) is 6.99. The van der Waals surface area contributed by atoms with Crippen molar-refractivity contribution in [3.63, 3.8) is 0 Å². The highest BCUT2D eigenvalue weighted by Crippen LogP contribution is 2.23. The SMILES string of the molecule is COc1ccc(C)cccccc1B(c1ccc2c(c1)C=CCC2)c1c(OC)ccc2ccccc12. The Morgan fingerprint density at radius 3 is 2.36 bits per heavy atom. The van der Waals surface area contributed by atoms with Gasteiger partial charge >= 0.3 is 0 Å². The van der Waals surface area contributed by atoms with Gasteiger partial charge in [0.1, 0.15) is 11.5 Å². The van der Waals surface area contributed by atoms with Crippen LogP contribution < -0.4 is 25.9 Å². The van der Waals surface area contributed by atoms with Crippen LogP contribution >= 0.6 is 0 Å². The predicted octanol–water partition coefficient (Wildman–Crippen LogP) is 5.77. The monoisotopic (exact) mass is 470 g/mol. The molecule has 36 heavy (non-hydrogen) atoms. The third kappa shape index (κ3) is 4.74. The second kappa shape index (κ2) is 10.7. The smallest absolute Gasteiger partial charge is 0.251 e. The summed E-state index contributed by atoms with van der Waals surface area (Å²) in [5.41, 5.74) is 7.30. The van der Waals surface area contributed by atoms with Gasteiger partial charge in [0, 0.05) is 0 Å². The lowest BCUT2D eigenvalue weighted by atomic mass is 9.35. The molecule has 0 amide bonds. The summed E-state index contributed by atoms with van der Waals surface area (Å²) in [6.07, 6.45) is 6.70. The molecule has 0 fully saturated rings. The number of ether oxygens (including phenoxy) is 2. The predicted molar refractivity (Wildman–Crippen MR) is 154 cm³/mol. The van der Waals surface area contributed by atoms with Crippen molar-refractivity contribution >= 4 is 39.9 Å². The second-order valence-corrected chi connectivity index (χ2v) is 9.25. The maximum atomic E-state index is 6.04. The summed E-state index contributed by atoms with van der Waals surface area (Å²) in [5.74, 6) is 1.71. The molecule has 4 aromatic rings. The van der Waals surface area contributed by atoms with Crippen molar-refractivity contribution in [1.82, 2.24) is 0 Å². The summed E-state index contributed by atoms with van der Waals surface area (Å²) in [6.45, 7) is 2.00. The molecule has 0 radical (unpaired) electrons. The summed E-state index contributed by atoms with van der Waals surface area (Å²) in [7, 11) is 3.51. The summed E-state index contributed by atoms with van der Waals surface area (Å²) < 4.78 is 12.0. The fourth-order valence-electron chi connectivity index (χ4n) is 5.17. The molecular weight excluding hydrogens is 439 g/mol. The first-order valence-electron chi connectivity index (χ1n) is 12.5. The molecule has 0 aromatic heterocycles. The van der Waals surface area contributed by atoms with E-state index in [1.165, 1.54) is 27.4 Å². The van der Waals surface area contributed by atoms with Crippen molar-refractivity contribution in [2.75, 3.05) is 14.2 Å². The van der Waals surface area contributed by atoms with E-state index in [0.29, 0.717) is 0 Å². The Balaban J connectivity index is 1.88. The first-order chi connectivity index (χ1) is 17.7. The highest BCUT2D eigenvalue weighted by molar-refractivity contribution is 6.98. The number of fused-ring (bicyclic) bond motifs is 2. The number of rotatable bonds is 5. The third-order valence-corrected chi connectivity index (χ3v) is 6.99. The number of aryl methyl sites for hydroxylation is 2. The topological polar surface area (TPSA) is 18.5 Å². The Labute approximate surface area is 214 Å². The molecule has 0 aliphatic heterocycles. The van der Waals surface area contributed by atoms with Gasteiger partial charge < -0.3 is 9.47 Å². The molecular formula is C33H31BO2. The van der Waals surface area contributed by atoms with Gasteiger partial charge in [0.2, 0.25) is 0 Å². The number of methoxy groups -OCH3 is 2. The highest BCUT2D eigenvalue weighted by Gasteiger charge is 2.30. The van der Waals surface area contributed by atoms with E-state index in [0.717, 1.165) is 40.8 Å². The molecule has 0 saturated heterocycles. The Bertz CT molecular complexity index is 1490. The maximum Gasteiger partial charge on any atom is 0.251 e. The van der Waals surface area contributed by atoms with Crippen molar-refractivity contribution in [3.8, 4) is 11.5 Å². The van der Waals surface area contributed by atoms with Gasteiger partial charge in [-0.3, -0.25) is 0 Å². The number of hydrogen-bond donors (Lipinski definition) is 0. The second-order valence-electron chi connectivity index (χ2n) is 9.25. The van der Waals surface area contributed by atoms with Gasteiger partial charge in [-0.25, -0.2) is 0 Å². The van der Waals surface area contributed by atoms with Crippen LogP contribution in [0.5, 0.6) is 11.5 Å². The lowest BCUT2D eigenvalue weighted by molar-refractivity contribution is 0.417. The van der Waals surface area contributed by atoms with E-state index in [1.807, 2.05) is 0 Å². The van der Waals surface area contributed by atoms with Crippen LogP contribution in [-0.4, -0.2) is 20.9 Å². The van der Waals surface area contributed by atoms with Gasteiger partial charge in [-0.1, -0.05) is 108 Å². The number of benzene rings is 3. The van der Waals surface area contributed by atoms with E-state index in [4.69, 9.17) is 9.47 Å². The minimum Gasteiger partial charge on any atom is -0.497 e. The Morgan fingerprint density at radius 1 is 0.722 bits per heavy atom. The zero-order valence-electron chi connectivity index (χ0n) is 21.2. The first kappa shape index (κ1) is 23.8. The van der Waals surface area contributed by atoms with E-state index in [9.17, 15) is 0 Å². The Morgan fingerprint density at radius 2 is 1.50 bits per heavy atom. The zero-order valence-corrected chi connectivity index (χ0v) is 21.2. The van der Waals surface area contributed by atoms with Gasteiger partial charge in [-0.2, -0.15) is 0 Å². The summed E-state index contributed by atoms with van der Waals surface area (Å²) in [6, 6.07) is 34.4. The average molecular weight is 470 g/mol. The van der Waals surface area contributed by atoms with Crippen LogP contribution in [0.15, 0.2) is 103 Å². The quantitative estimate of drug-likeness (QED) is 0.345. The van der Waals surface area contributed by atoms with Crippen LogP contribution in [0.4, 0.5) is 0 Å². The van der Waals surface area contributed by atoms with Gasteiger partial charge in [-0.15, -0.1) is 0 Å². The summed E-state index contributed by atoms with van der Waals surface area (Å²) in [4.78, 5) is 0. The fraction of sp³-hybridized carbons (Fsp3) is 0.152. The lowest BCUT2D eigenvalue weighted by Gasteiger charge is -2.23. The Kier molecular flexibility index (Phi) is 7.09. The van der Waals surface area contributed by atoms with Crippen LogP contribution in [0.3, 0.4) is 0 Å². The van der Waals surface area contributed by atoms with Crippen molar-refractivity contribution in [2.45, 2.75) is 19.8 Å². The van der Waals surface area contributed by atoms with E-state index in [1.54, 1.807) is 14.2 Å². The largest absolute Gasteiger partial charge is 0.497 e. The summed E-state index contributed by atoms with van der Waals surface area (Å²) in [5, 5.41) is 2.37. The van der Waals surface area contributed by atoms with Gasteiger partial charge in [-0.05, 0) is 64.7 Å². The molecule has 4 aromatic carbocycles. The normalized spacial score (nSPS) is 12.0. The van der Waals surface area contributed by atoms with Gasteiger partial charge in [0.05, 0.1) is 14.2 Å². The van der Waals surface area contributed by atoms with Gasteiger partial charge in [0.15, 0.2) is 0 Å². The number of hydrogen-bond acceptors (Lipinski definition) is 2. The van der Waals surface area contributed by atoms with Crippen LogP contribution in [0, 0.1) is 6.92 Å². The highest BCUT2D eigenvalue weighted by atomic mass is 16.5. The molecule has 1 aliphatic rings. The molecule has 5 rings (SSSR count). The van der Waals surface area contributed by atoms with E-state index < -0.39 is 0 Å². The van der Waals surface area contributed by atoms with Crippen molar-refractivity contribution < 1.29 is 9.47 Å². The molecule has 1 aliphatic carbocycles.